The lowest BCUT2D eigenvalue weighted by Gasteiger charge is -2.26. The molecule has 3 heteroatoms. The van der Waals surface area contributed by atoms with E-state index in [1.807, 2.05) is 12.1 Å². The Kier molecular flexibility index (Phi) is 5.67. The molecular weight excluding hydrogens is 236 g/mol. The SMILES string of the molecule is COc1cccc(CC(CC2CCCCC2)NN)c1. The number of hydrogen-bond donors (Lipinski definition) is 2. The van der Waals surface area contributed by atoms with Crippen LogP contribution in [0.2, 0.25) is 0 Å². The first-order valence-corrected chi connectivity index (χ1v) is 7.41. The number of ether oxygens (including phenoxy) is 1. The molecular formula is C16H26N2O. The largest absolute Gasteiger partial charge is 0.497 e. The number of nitrogens with two attached hydrogens (primary N) is 1. The number of hydrazine groups is 1. The Labute approximate surface area is 116 Å². The predicted molar refractivity (Wildman–Crippen MR) is 79.0 cm³/mol. The zero-order valence-corrected chi connectivity index (χ0v) is 11.9. The summed E-state index contributed by atoms with van der Waals surface area (Å²) in [6, 6.07) is 8.65. The molecule has 1 aromatic carbocycles. The van der Waals surface area contributed by atoms with E-state index < -0.39 is 0 Å². The molecule has 106 valence electrons. The Hall–Kier alpha value is -1.06. The third-order valence-electron chi connectivity index (χ3n) is 4.19. The standard InChI is InChI=1S/C16H26N2O/c1-19-16-9-5-8-14(12-16)11-15(18-17)10-13-6-3-2-4-7-13/h5,8-9,12-13,15,18H,2-4,6-7,10-11,17H2,1H3. The molecule has 1 atom stereocenters. The predicted octanol–water partition coefficient (Wildman–Crippen LogP) is 3.04. The van der Waals surface area contributed by atoms with Gasteiger partial charge in [0.25, 0.3) is 0 Å². The molecule has 1 aliphatic carbocycles. The number of methoxy groups -OCH3 is 1. The second-order valence-electron chi connectivity index (χ2n) is 5.66. The summed E-state index contributed by atoms with van der Waals surface area (Å²) in [5.74, 6) is 7.50. The Bertz CT molecular complexity index is 375. The molecule has 3 nitrogen and oxygen atoms in total. The van der Waals surface area contributed by atoms with Crippen LogP contribution < -0.4 is 16.0 Å². The van der Waals surface area contributed by atoms with Gasteiger partial charge in [0.15, 0.2) is 0 Å². The highest BCUT2D eigenvalue weighted by molar-refractivity contribution is 5.28. The fourth-order valence-corrected chi connectivity index (χ4v) is 3.12. The third kappa shape index (κ3) is 4.51. The van der Waals surface area contributed by atoms with Gasteiger partial charge in [-0.15, -0.1) is 0 Å². The van der Waals surface area contributed by atoms with Crippen molar-refractivity contribution in [1.82, 2.24) is 5.43 Å². The van der Waals surface area contributed by atoms with Crippen molar-refractivity contribution in [2.75, 3.05) is 7.11 Å². The highest BCUT2D eigenvalue weighted by atomic mass is 16.5. The highest BCUT2D eigenvalue weighted by Gasteiger charge is 2.18. The Morgan fingerprint density at radius 2 is 2.11 bits per heavy atom. The van der Waals surface area contributed by atoms with E-state index in [0.717, 1.165) is 18.1 Å². The molecule has 1 fully saturated rings. The molecule has 0 aliphatic heterocycles. The van der Waals surface area contributed by atoms with Crippen molar-refractivity contribution in [3.8, 4) is 5.75 Å². The normalized spacial score (nSPS) is 18.2. The quantitative estimate of drug-likeness (QED) is 0.612. The van der Waals surface area contributed by atoms with Crippen LogP contribution in [0.15, 0.2) is 24.3 Å². The molecule has 0 radical (unpaired) electrons. The first kappa shape index (κ1) is 14.4. The van der Waals surface area contributed by atoms with Crippen molar-refractivity contribution in [3.63, 3.8) is 0 Å². The van der Waals surface area contributed by atoms with Gasteiger partial charge in [0, 0.05) is 6.04 Å². The van der Waals surface area contributed by atoms with Crippen LogP contribution in [0.25, 0.3) is 0 Å². The Balaban J connectivity index is 1.90. The lowest BCUT2D eigenvalue weighted by atomic mass is 9.84. The second kappa shape index (κ2) is 7.51. The summed E-state index contributed by atoms with van der Waals surface area (Å²) in [5.41, 5.74) is 4.28. The van der Waals surface area contributed by atoms with Crippen LogP contribution in [0.3, 0.4) is 0 Å². The molecule has 1 unspecified atom stereocenters. The maximum absolute atomic E-state index is 5.73. The second-order valence-corrected chi connectivity index (χ2v) is 5.66. The lowest BCUT2D eigenvalue weighted by molar-refractivity contribution is 0.297. The van der Waals surface area contributed by atoms with E-state index in [9.17, 15) is 0 Å². The summed E-state index contributed by atoms with van der Waals surface area (Å²) in [6.45, 7) is 0. The van der Waals surface area contributed by atoms with E-state index in [0.29, 0.717) is 6.04 Å². The van der Waals surface area contributed by atoms with Gasteiger partial charge in [-0.25, -0.2) is 0 Å². The van der Waals surface area contributed by atoms with E-state index in [1.165, 1.54) is 44.1 Å². The van der Waals surface area contributed by atoms with Gasteiger partial charge in [0.05, 0.1) is 7.11 Å². The third-order valence-corrected chi connectivity index (χ3v) is 4.19. The van der Waals surface area contributed by atoms with Gasteiger partial charge in [0.1, 0.15) is 5.75 Å². The highest BCUT2D eigenvalue weighted by Crippen LogP contribution is 2.28. The van der Waals surface area contributed by atoms with Crippen LogP contribution in [-0.2, 0) is 6.42 Å². The van der Waals surface area contributed by atoms with Gasteiger partial charge in [-0.2, -0.15) is 0 Å². The maximum Gasteiger partial charge on any atom is 0.119 e. The van der Waals surface area contributed by atoms with E-state index in [4.69, 9.17) is 10.6 Å². The number of rotatable bonds is 6. The van der Waals surface area contributed by atoms with Gasteiger partial charge in [-0.1, -0.05) is 44.2 Å². The van der Waals surface area contributed by atoms with Crippen LogP contribution >= 0.6 is 0 Å². The molecule has 0 heterocycles. The van der Waals surface area contributed by atoms with Crippen molar-refractivity contribution in [3.05, 3.63) is 29.8 Å². The van der Waals surface area contributed by atoms with Crippen molar-refractivity contribution in [1.29, 1.82) is 0 Å². The number of benzene rings is 1. The van der Waals surface area contributed by atoms with Crippen molar-refractivity contribution < 1.29 is 4.74 Å². The molecule has 0 saturated heterocycles. The first-order chi connectivity index (χ1) is 9.31. The van der Waals surface area contributed by atoms with Crippen LogP contribution in [0.5, 0.6) is 5.75 Å². The van der Waals surface area contributed by atoms with Gasteiger partial charge in [-0.05, 0) is 36.5 Å². The summed E-state index contributed by atoms with van der Waals surface area (Å²) in [6.07, 6.45) is 9.10. The molecule has 1 aromatic rings. The summed E-state index contributed by atoms with van der Waals surface area (Å²) in [7, 11) is 1.71. The smallest absolute Gasteiger partial charge is 0.119 e. The van der Waals surface area contributed by atoms with Crippen LogP contribution in [0.4, 0.5) is 0 Å². The molecule has 19 heavy (non-hydrogen) atoms. The fraction of sp³-hybridized carbons (Fsp3) is 0.625. The number of hydrogen-bond acceptors (Lipinski definition) is 3. The molecule has 0 bridgehead atoms. The zero-order chi connectivity index (χ0) is 13.5. The Morgan fingerprint density at radius 3 is 2.79 bits per heavy atom. The van der Waals surface area contributed by atoms with Crippen molar-refractivity contribution in [2.24, 2.45) is 11.8 Å². The van der Waals surface area contributed by atoms with Gasteiger partial charge in [0.2, 0.25) is 0 Å². The minimum atomic E-state index is 0.371. The van der Waals surface area contributed by atoms with E-state index >= 15 is 0 Å². The fourth-order valence-electron chi connectivity index (χ4n) is 3.12. The van der Waals surface area contributed by atoms with Crippen LogP contribution in [-0.4, -0.2) is 13.2 Å². The summed E-state index contributed by atoms with van der Waals surface area (Å²) in [4.78, 5) is 0. The van der Waals surface area contributed by atoms with Gasteiger partial charge < -0.3 is 4.74 Å². The molecule has 1 aliphatic rings. The molecule has 1 saturated carbocycles. The average Bonchev–Trinajstić information content (AvgIpc) is 2.48. The summed E-state index contributed by atoms with van der Waals surface area (Å²) in [5, 5.41) is 0. The molecule has 0 aromatic heterocycles. The van der Waals surface area contributed by atoms with Crippen LogP contribution in [0.1, 0.15) is 44.1 Å². The zero-order valence-electron chi connectivity index (χ0n) is 11.9. The molecule has 2 rings (SSSR count). The monoisotopic (exact) mass is 262 g/mol. The minimum Gasteiger partial charge on any atom is -0.497 e. The summed E-state index contributed by atoms with van der Waals surface area (Å²) < 4.78 is 5.27. The van der Waals surface area contributed by atoms with Gasteiger partial charge >= 0.3 is 0 Å². The number of nitrogens with one attached hydrogen (secondary N) is 1. The van der Waals surface area contributed by atoms with Crippen LogP contribution in [0, 0.1) is 5.92 Å². The first-order valence-electron chi connectivity index (χ1n) is 7.41. The molecule has 3 N–H and O–H groups in total. The summed E-state index contributed by atoms with van der Waals surface area (Å²) >= 11 is 0. The average molecular weight is 262 g/mol. The minimum absolute atomic E-state index is 0.371. The van der Waals surface area contributed by atoms with Gasteiger partial charge in [-0.3, -0.25) is 11.3 Å². The van der Waals surface area contributed by atoms with E-state index in [-0.39, 0.29) is 0 Å². The maximum atomic E-state index is 5.73. The molecule has 0 spiro atoms. The van der Waals surface area contributed by atoms with Crippen molar-refractivity contribution >= 4 is 0 Å². The topological polar surface area (TPSA) is 47.3 Å². The van der Waals surface area contributed by atoms with Crippen molar-refractivity contribution in [2.45, 2.75) is 51.0 Å². The lowest BCUT2D eigenvalue weighted by Crippen LogP contribution is -2.38. The Morgan fingerprint density at radius 1 is 1.32 bits per heavy atom. The molecule has 0 amide bonds. The van der Waals surface area contributed by atoms with E-state index in [1.54, 1.807) is 7.11 Å². The van der Waals surface area contributed by atoms with E-state index in [2.05, 4.69) is 17.6 Å².